The summed E-state index contributed by atoms with van der Waals surface area (Å²) in [5, 5.41) is 2.92. The van der Waals surface area contributed by atoms with Gasteiger partial charge in [0, 0.05) is 16.4 Å². The standard InChI is InChI=1S/C23H23ClFN3O5S2/c1-15-4-5-17(24)14-22(15)28(34(3,30)31)16(2)23(29)26-19-10-12-21(13-11-19)35(32,33)27-20-8-6-18(25)7-9-20/h4-14,16,27H,1-3H3,(H,26,29)/t16-/m0/s1. The van der Waals surface area contributed by atoms with E-state index in [0.717, 1.165) is 22.7 Å². The summed E-state index contributed by atoms with van der Waals surface area (Å²) >= 11 is 6.04. The number of hydrogen-bond acceptors (Lipinski definition) is 5. The topological polar surface area (TPSA) is 113 Å². The molecule has 1 amide bonds. The number of halogens is 2. The number of hydrogen-bond donors (Lipinski definition) is 2. The Kier molecular flexibility index (Phi) is 7.73. The first-order chi connectivity index (χ1) is 16.3. The summed E-state index contributed by atoms with van der Waals surface area (Å²) < 4.78 is 66.5. The Bertz CT molecular complexity index is 1450. The molecule has 2 N–H and O–H groups in total. The normalized spacial score (nSPS) is 12.6. The van der Waals surface area contributed by atoms with Gasteiger partial charge in [-0.25, -0.2) is 21.2 Å². The second-order valence-electron chi connectivity index (χ2n) is 7.79. The highest BCUT2D eigenvalue weighted by Gasteiger charge is 2.30. The van der Waals surface area contributed by atoms with Gasteiger partial charge in [0.2, 0.25) is 15.9 Å². The van der Waals surface area contributed by atoms with Crippen LogP contribution in [0.15, 0.2) is 71.6 Å². The molecule has 0 fully saturated rings. The average Bonchev–Trinajstić information content (AvgIpc) is 2.77. The molecule has 0 unspecified atom stereocenters. The predicted octanol–water partition coefficient (Wildman–Crippen LogP) is 4.38. The van der Waals surface area contributed by atoms with Gasteiger partial charge in [0.25, 0.3) is 10.0 Å². The summed E-state index contributed by atoms with van der Waals surface area (Å²) in [6.07, 6.45) is 0.991. The van der Waals surface area contributed by atoms with Crippen LogP contribution in [0.3, 0.4) is 0 Å². The minimum atomic E-state index is -3.95. The van der Waals surface area contributed by atoms with E-state index in [0.29, 0.717) is 10.6 Å². The Morgan fingerprint density at radius 3 is 2.09 bits per heavy atom. The lowest BCUT2D eigenvalue weighted by molar-refractivity contribution is -0.116. The number of amides is 1. The maximum Gasteiger partial charge on any atom is 0.261 e. The molecule has 0 saturated carbocycles. The zero-order valence-corrected chi connectivity index (χ0v) is 21.4. The van der Waals surface area contributed by atoms with E-state index in [1.165, 1.54) is 49.4 Å². The molecule has 3 aromatic carbocycles. The molecule has 0 heterocycles. The van der Waals surface area contributed by atoms with Gasteiger partial charge in [0.05, 0.1) is 16.8 Å². The van der Waals surface area contributed by atoms with E-state index in [1.807, 2.05) is 0 Å². The van der Waals surface area contributed by atoms with Gasteiger partial charge < -0.3 is 5.32 Å². The minimum Gasteiger partial charge on any atom is -0.324 e. The molecule has 0 spiro atoms. The largest absolute Gasteiger partial charge is 0.324 e. The monoisotopic (exact) mass is 539 g/mol. The van der Waals surface area contributed by atoms with Crippen molar-refractivity contribution in [3.8, 4) is 0 Å². The van der Waals surface area contributed by atoms with E-state index in [9.17, 15) is 26.0 Å². The van der Waals surface area contributed by atoms with Crippen molar-refractivity contribution >= 4 is 54.6 Å². The third-order valence-corrected chi connectivity index (χ3v) is 7.89. The van der Waals surface area contributed by atoms with Crippen LogP contribution in [0.1, 0.15) is 12.5 Å². The SMILES string of the molecule is Cc1ccc(Cl)cc1N([C@@H](C)C(=O)Nc1ccc(S(=O)(=O)Nc2ccc(F)cc2)cc1)S(C)(=O)=O. The van der Waals surface area contributed by atoms with Gasteiger partial charge in [-0.3, -0.25) is 13.8 Å². The number of sulfonamides is 2. The smallest absolute Gasteiger partial charge is 0.261 e. The van der Waals surface area contributed by atoms with Crippen LogP contribution in [0.4, 0.5) is 21.5 Å². The quantitative estimate of drug-likeness (QED) is 0.441. The molecule has 3 aromatic rings. The van der Waals surface area contributed by atoms with E-state index in [4.69, 9.17) is 11.6 Å². The van der Waals surface area contributed by atoms with Gasteiger partial charge in [-0.2, -0.15) is 0 Å². The fourth-order valence-corrected chi connectivity index (χ4v) is 5.75. The van der Waals surface area contributed by atoms with Crippen LogP contribution < -0.4 is 14.3 Å². The molecule has 12 heteroatoms. The molecule has 0 aliphatic carbocycles. The Balaban J connectivity index is 1.79. The second-order valence-corrected chi connectivity index (χ2v) is 11.8. The minimum absolute atomic E-state index is 0.0832. The Hall–Kier alpha value is -3.15. The molecule has 0 aromatic heterocycles. The maximum atomic E-state index is 13.0. The molecule has 1 atom stereocenters. The van der Waals surface area contributed by atoms with Crippen molar-refractivity contribution in [3.05, 3.63) is 83.1 Å². The fourth-order valence-electron chi connectivity index (χ4n) is 3.30. The van der Waals surface area contributed by atoms with Crippen LogP contribution in [0.5, 0.6) is 0 Å². The number of carbonyl (C=O) groups excluding carboxylic acids is 1. The highest BCUT2D eigenvalue weighted by molar-refractivity contribution is 7.92. The van der Waals surface area contributed by atoms with Crippen LogP contribution in [0.25, 0.3) is 0 Å². The third-order valence-electron chi connectivity index (χ3n) is 5.03. The van der Waals surface area contributed by atoms with Gasteiger partial charge >= 0.3 is 0 Å². The molecule has 0 aliphatic heterocycles. The third kappa shape index (κ3) is 6.50. The molecule has 35 heavy (non-hydrogen) atoms. The number of benzene rings is 3. The molecule has 8 nitrogen and oxygen atoms in total. The number of rotatable bonds is 8. The molecule has 0 saturated heterocycles. The molecule has 3 rings (SSSR count). The van der Waals surface area contributed by atoms with Crippen LogP contribution in [0.2, 0.25) is 5.02 Å². The average molecular weight is 540 g/mol. The maximum absolute atomic E-state index is 13.0. The number of anilines is 3. The number of aryl methyl sites for hydroxylation is 1. The van der Waals surface area contributed by atoms with E-state index in [1.54, 1.807) is 19.1 Å². The molecule has 0 radical (unpaired) electrons. The lowest BCUT2D eigenvalue weighted by atomic mass is 10.1. The summed E-state index contributed by atoms with van der Waals surface area (Å²) in [7, 11) is -7.80. The van der Waals surface area contributed by atoms with Gasteiger partial charge in [-0.05, 0) is 80.1 Å². The van der Waals surface area contributed by atoms with Gasteiger partial charge in [0.15, 0.2) is 0 Å². The second kappa shape index (κ2) is 10.2. The zero-order chi connectivity index (χ0) is 26.0. The fraction of sp³-hybridized carbons (Fsp3) is 0.174. The predicted molar refractivity (Wildman–Crippen MR) is 135 cm³/mol. The van der Waals surface area contributed by atoms with Crippen molar-refractivity contribution in [2.45, 2.75) is 24.8 Å². The van der Waals surface area contributed by atoms with Gasteiger partial charge in [-0.15, -0.1) is 0 Å². The van der Waals surface area contributed by atoms with E-state index in [-0.39, 0.29) is 22.0 Å². The first-order valence-electron chi connectivity index (χ1n) is 10.2. The summed E-state index contributed by atoms with van der Waals surface area (Å²) in [4.78, 5) is 12.8. The van der Waals surface area contributed by atoms with Gasteiger partial charge in [-0.1, -0.05) is 17.7 Å². The molecular formula is C23H23ClFN3O5S2. The van der Waals surface area contributed by atoms with Crippen molar-refractivity contribution in [1.82, 2.24) is 0 Å². The van der Waals surface area contributed by atoms with Crippen molar-refractivity contribution in [3.63, 3.8) is 0 Å². The zero-order valence-electron chi connectivity index (χ0n) is 19.0. The summed E-state index contributed by atoms with van der Waals surface area (Å²) in [5.41, 5.74) is 1.34. The summed E-state index contributed by atoms with van der Waals surface area (Å²) in [5.74, 6) is -1.13. The molecule has 0 aliphatic rings. The molecular weight excluding hydrogens is 517 g/mol. The van der Waals surface area contributed by atoms with E-state index in [2.05, 4.69) is 10.0 Å². The van der Waals surface area contributed by atoms with Crippen molar-refractivity contribution in [2.24, 2.45) is 0 Å². The van der Waals surface area contributed by atoms with Crippen LogP contribution >= 0.6 is 11.6 Å². The molecule has 0 bridgehead atoms. The Labute approximate surface area is 208 Å². The van der Waals surface area contributed by atoms with Crippen LogP contribution in [-0.2, 0) is 24.8 Å². The van der Waals surface area contributed by atoms with Gasteiger partial charge in [0.1, 0.15) is 11.9 Å². The van der Waals surface area contributed by atoms with Crippen molar-refractivity contribution in [1.29, 1.82) is 0 Å². The number of carbonyl (C=O) groups is 1. The highest BCUT2D eigenvalue weighted by atomic mass is 35.5. The first kappa shape index (κ1) is 26.5. The summed E-state index contributed by atoms with van der Waals surface area (Å²) in [6, 6.07) is 13.7. The molecule has 186 valence electrons. The number of nitrogens with zero attached hydrogens (tertiary/aromatic N) is 1. The highest BCUT2D eigenvalue weighted by Crippen LogP contribution is 2.29. The van der Waals surface area contributed by atoms with E-state index < -0.39 is 37.8 Å². The first-order valence-corrected chi connectivity index (χ1v) is 13.9. The van der Waals surface area contributed by atoms with Crippen LogP contribution in [-0.4, -0.2) is 35.0 Å². The Morgan fingerprint density at radius 1 is 0.943 bits per heavy atom. The lowest BCUT2D eigenvalue weighted by Gasteiger charge is -2.29. The van der Waals surface area contributed by atoms with Crippen molar-refractivity contribution in [2.75, 3.05) is 20.6 Å². The Morgan fingerprint density at radius 2 is 1.51 bits per heavy atom. The number of nitrogens with one attached hydrogen (secondary N) is 2. The summed E-state index contributed by atoms with van der Waals surface area (Å²) in [6.45, 7) is 3.13. The van der Waals surface area contributed by atoms with E-state index >= 15 is 0 Å². The van der Waals surface area contributed by atoms with Crippen LogP contribution in [0, 0.1) is 12.7 Å². The van der Waals surface area contributed by atoms with Crippen molar-refractivity contribution < 1.29 is 26.0 Å². The lowest BCUT2D eigenvalue weighted by Crippen LogP contribution is -2.45.